The largest absolute Gasteiger partial charge is 0.354 e. The molecule has 1 aromatic heterocycles. The highest BCUT2D eigenvalue weighted by molar-refractivity contribution is 9.10. The van der Waals surface area contributed by atoms with Gasteiger partial charge in [0.25, 0.3) is 0 Å². The minimum absolute atomic E-state index is 0.763. The summed E-state index contributed by atoms with van der Waals surface area (Å²) in [5, 5.41) is 0.791. The van der Waals surface area contributed by atoms with E-state index in [2.05, 4.69) is 55.6 Å². The molecule has 1 aliphatic carbocycles. The summed E-state index contributed by atoms with van der Waals surface area (Å²) in [6.07, 6.45) is 4.56. The number of aromatic nitrogens is 1. The molecule has 0 radical (unpaired) electrons. The monoisotopic (exact) mass is 356 g/mol. The van der Waals surface area contributed by atoms with Gasteiger partial charge in [0.05, 0.1) is 5.69 Å². The number of anilines is 2. The van der Waals surface area contributed by atoms with Gasteiger partial charge in [0.2, 0.25) is 0 Å². The molecule has 110 valence electrons. The van der Waals surface area contributed by atoms with E-state index in [1.165, 1.54) is 12.8 Å². The van der Waals surface area contributed by atoms with E-state index in [-0.39, 0.29) is 0 Å². The fourth-order valence-corrected chi connectivity index (χ4v) is 3.61. The first-order valence-electron chi connectivity index (χ1n) is 7.08. The lowest BCUT2D eigenvalue weighted by Gasteiger charge is -2.42. The summed E-state index contributed by atoms with van der Waals surface area (Å²) < 4.78 is 4.53. The van der Waals surface area contributed by atoms with Crippen molar-refractivity contribution < 1.29 is 0 Å². The minimum atomic E-state index is 0.763. The van der Waals surface area contributed by atoms with E-state index < -0.39 is 0 Å². The molecule has 4 nitrogen and oxygen atoms in total. The van der Waals surface area contributed by atoms with Crippen LogP contribution in [0, 0.1) is 5.92 Å². The van der Waals surface area contributed by atoms with Gasteiger partial charge in [-0.05, 0) is 60.9 Å². The molecule has 0 bridgehead atoms. The van der Waals surface area contributed by atoms with E-state index in [0.717, 1.165) is 46.8 Å². The van der Waals surface area contributed by atoms with Gasteiger partial charge < -0.3 is 14.5 Å². The lowest BCUT2D eigenvalue weighted by Crippen LogP contribution is -2.51. The number of rotatable bonds is 6. The summed E-state index contributed by atoms with van der Waals surface area (Å²) in [6.45, 7) is 3.37. The topological polar surface area (TPSA) is 31.4 Å². The Morgan fingerprint density at radius 3 is 2.85 bits per heavy atom. The third-order valence-corrected chi connectivity index (χ3v) is 5.15. The highest BCUT2D eigenvalue weighted by Gasteiger charge is 2.30. The zero-order valence-corrected chi connectivity index (χ0v) is 14.4. The van der Waals surface area contributed by atoms with Crippen LogP contribution in [-0.4, -0.2) is 48.9 Å². The van der Waals surface area contributed by atoms with Crippen LogP contribution < -0.4 is 9.62 Å². The second-order valence-corrected chi connectivity index (χ2v) is 8.00. The molecule has 1 N–H and O–H groups in total. The summed E-state index contributed by atoms with van der Waals surface area (Å²) in [7, 11) is 4.28. The van der Waals surface area contributed by atoms with Gasteiger partial charge in [0.15, 0.2) is 5.82 Å². The Balaban J connectivity index is 1.63. The number of pyridine rings is 1. The molecule has 0 aromatic carbocycles. The van der Waals surface area contributed by atoms with Crippen LogP contribution in [0.3, 0.4) is 0 Å². The Morgan fingerprint density at radius 1 is 1.45 bits per heavy atom. The first-order valence-corrected chi connectivity index (χ1v) is 8.76. The summed E-state index contributed by atoms with van der Waals surface area (Å²) in [6, 6.07) is 2.14. The van der Waals surface area contributed by atoms with Crippen LogP contribution in [0.5, 0.6) is 0 Å². The third kappa shape index (κ3) is 3.59. The first kappa shape index (κ1) is 14.5. The molecule has 1 saturated heterocycles. The van der Waals surface area contributed by atoms with Crippen LogP contribution in [0.25, 0.3) is 0 Å². The maximum atomic E-state index is 4.60. The highest BCUT2D eigenvalue weighted by Crippen LogP contribution is 2.38. The molecule has 2 aliphatic rings. The molecule has 2 fully saturated rings. The van der Waals surface area contributed by atoms with E-state index in [4.69, 9.17) is 0 Å². The second-order valence-electron chi connectivity index (χ2n) is 5.98. The molecular weight excluding hydrogens is 336 g/mol. The van der Waals surface area contributed by atoms with Crippen molar-refractivity contribution in [2.75, 3.05) is 43.4 Å². The minimum Gasteiger partial charge on any atom is -0.354 e. The Labute approximate surface area is 133 Å². The van der Waals surface area contributed by atoms with Crippen molar-refractivity contribution in [2.45, 2.75) is 18.1 Å². The second kappa shape index (κ2) is 6.12. The van der Waals surface area contributed by atoms with E-state index >= 15 is 0 Å². The summed E-state index contributed by atoms with van der Waals surface area (Å²) >= 11 is 5.35. The van der Waals surface area contributed by atoms with Gasteiger partial charge in [0.1, 0.15) is 0 Å². The average molecular weight is 357 g/mol. The SMILES string of the molecule is CN(C)CC1CN(c2ncc(Br)cc2NSC2CC2)C1. The molecular formula is C14H21BrN4S. The molecule has 1 saturated carbocycles. The normalized spacial score (nSPS) is 19.3. The van der Waals surface area contributed by atoms with Crippen LogP contribution >= 0.6 is 27.9 Å². The Bertz CT molecular complexity index is 472. The smallest absolute Gasteiger partial charge is 0.152 e. The number of nitrogens with zero attached hydrogens (tertiary/aromatic N) is 3. The van der Waals surface area contributed by atoms with Crippen LogP contribution in [0.1, 0.15) is 12.8 Å². The van der Waals surface area contributed by atoms with Crippen molar-refractivity contribution in [3.8, 4) is 0 Å². The summed E-state index contributed by atoms with van der Waals surface area (Å²) in [4.78, 5) is 9.24. The Kier molecular flexibility index (Phi) is 4.43. The molecule has 1 aromatic rings. The number of hydrogen-bond donors (Lipinski definition) is 1. The molecule has 2 heterocycles. The zero-order chi connectivity index (χ0) is 14.1. The van der Waals surface area contributed by atoms with E-state index in [1.54, 1.807) is 0 Å². The fraction of sp³-hybridized carbons (Fsp3) is 0.643. The molecule has 0 unspecified atom stereocenters. The van der Waals surface area contributed by atoms with Gasteiger partial charge in [-0.25, -0.2) is 4.98 Å². The highest BCUT2D eigenvalue weighted by atomic mass is 79.9. The molecule has 0 atom stereocenters. The van der Waals surface area contributed by atoms with E-state index in [0.29, 0.717) is 0 Å². The van der Waals surface area contributed by atoms with Crippen LogP contribution in [0.2, 0.25) is 0 Å². The molecule has 1 aliphatic heterocycles. The summed E-state index contributed by atoms with van der Waals surface area (Å²) in [5.74, 6) is 1.86. The van der Waals surface area contributed by atoms with Gasteiger partial charge in [-0.1, -0.05) is 0 Å². The molecule has 6 heteroatoms. The maximum Gasteiger partial charge on any atom is 0.152 e. The Morgan fingerprint density at radius 2 is 2.20 bits per heavy atom. The van der Waals surface area contributed by atoms with Crippen molar-refractivity contribution in [3.05, 3.63) is 16.7 Å². The molecule has 20 heavy (non-hydrogen) atoms. The maximum absolute atomic E-state index is 4.60. The van der Waals surface area contributed by atoms with Crippen LogP contribution in [0.4, 0.5) is 11.5 Å². The predicted molar refractivity (Wildman–Crippen MR) is 90.4 cm³/mol. The average Bonchev–Trinajstić information content (AvgIpc) is 3.15. The van der Waals surface area contributed by atoms with Crippen molar-refractivity contribution in [1.82, 2.24) is 9.88 Å². The zero-order valence-electron chi connectivity index (χ0n) is 12.0. The number of halogens is 1. The van der Waals surface area contributed by atoms with Gasteiger partial charge >= 0.3 is 0 Å². The first-order chi connectivity index (χ1) is 9.61. The quantitative estimate of drug-likeness (QED) is 0.791. The van der Waals surface area contributed by atoms with Crippen LogP contribution in [-0.2, 0) is 0 Å². The van der Waals surface area contributed by atoms with E-state index in [1.807, 2.05) is 18.1 Å². The van der Waals surface area contributed by atoms with Gasteiger partial charge in [-0.15, -0.1) is 0 Å². The van der Waals surface area contributed by atoms with Gasteiger partial charge in [0, 0.05) is 41.5 Å². The summed E-state index contributed by atoms with van der Waals surface area (Å²) in [5.41, 5.74) is 1.14. The number of nitrogens with one attached hydrogen (secondary N) is 1. The van der Waals surface area contributed by atoms with Gasteiger partial charge in [-0.3, -0.25) is 0 Å². The van der Waals surface area contributed by atoms with Crippen molar-refractivity contribution in [3.63, 3.8) is 0 Å². The van der Waals surface area contributed by atoms with Crippen molar-refractivity contribution in [1.29, 1.82) is 0 Å². The Hall–Kier alpha value is -0.460. The lowest BCUT2D eigenvalue weighted by molar-refractivity contribution is 0.282. The van der Waals surface area contributed by atoms with Gasteiger partial charge in [-0.2, -0.15) is 0 Å². The standard InChI is InChI=1S/C14H21BrN4S/c1-18(2)7-10-8-19(9-10)14-13(5-11(15)6-16-14)17-20-12-3-4-12/h5-6,10,12,17H,3-4,7-9H2,1-2H3. The lowest BCUT2D eigenvalue weighted by atomic mass is 9.99. The molecule has 3 rings (SSSR count). The number of hydrogen-bond acceptors (Lipinski definition) is 5. The predicted octanol–water partition coefficient (Wildman–Crippen LogP) is 3.06. The fourth-order valence-electron chi connectivity index (χ4n) is 2.47. The molecule has 0 spiro atoms. The third-order valence-electron chi connectivity index (χ3n) is 3.57. The van der Waals surface area contributed by atoms with E-state index in [9.17, 15) is 0 Å². The van der Waals surface area contributed by atoms with Crippen molar-refractivity contribution in [2.24, 2.45) is 5.92 Å². The molecule has 0 amide bonds. The van der Waals surface area contributed by atoms with Crippen molar-refractivity contribution >= 4 is 39.4 Å². The van der Waals surface area contributed by atoms with Crippen LogP contribution in [0.15, 0.2) is 16.7 Å².